The van der Waals surface area contributed by atoms with Crippen LogP contribution in [-0.4, -0.2) is 25.2 Å². The van der Waals surface area contributed by atoms with E-state index in [1.807, 2.05) is 0 Å². The van der Waals surface area contributed by atoms with E-state index in [-0.39, 0.29) is 30.6 Å². The molecule has 0 saturated heterocycles. The van der Waals surface area contributed by atoms with Crippen molar-refractivity contribution in [1.29, 1.82) is 0 Å². The molecular formula is C18H18O6Zn. The molecule has 0 N–H and O–H groups in total. The van der Waals surface area contributed by atoms with Crippen molar-refractivity contribution in [2.75, 3.05) is 13.2 Å². The molecule has 0 aromatic heterocycles. The minimum Gasteiger partial charge on any atom is -0.545 e. The molecule has 128 valence electrons. The van der Waals surface area contributed by atoms with Gasteiger partial charge in [0.05, 0.1) is 25.2 Å². The van der Waals surface area contributed by atoms with Gasteiger partial charge in [-0.15, -0.1) is 0 Å². The molecule has 2 aromatic rings. The molecule has 7 heteroatoms. The molecule has 2 aromatic carbocycles. The van der Waals surface area contributed by atoms with Gasteiger partial charge in [0.1, 0.15) is 11.5 Å². The standard InChI is InChI=1S/2C9H10O3.Zn/c2*1-2-12-8-6-4-3-5-7(8)9(10)11;/h2*3-6H,2H2,1H3,(H,10,11);/q;;+2/p-2. The average Bonchev–Trinajstić information content (AvgIpc) is 2.57. The molecular weight excluding hydrogens is 378 g/mol. The maximum atomic E-state index is 10.5. The van der Waals surface area contributed by atoms with Crippen LogP contribution in [0.3, 0.4) is 0 Å². The third kappa shape index (κ3) is 7.35. The van der Waals surface area contributed by atoms with E-state index in [1.54, 1.807) is 50.2 Å². The van der Waals surface area contributed by atoms with Crippen molar-refractivity contribution in [3.8, 4) is 11.5 Å². The maximum absolute atomic E-state index is 10.5. The van der Waals surface area contributed by atoms with Gasteiger partial charge in [-0.2, -0.15) is 0 Å². The molecule has 0 bridgehead atoms. The van der Waals surface area contributed by atoms with Crippen LogP contribution in [0, 0.1) is 0 Å². The summed E-state index contributed by atoms with van der Waals surface area (Å²) < 4.78 is 10.2. The van der Waals surface area contributed by atoms with E-state index in [2.05, 4.69) is 0 Å². The fourth-order valence-electron chi connectivity index (χ4n) is 1.83. The van der Waals surface area contributed by atoms with Gasteiger partial charge in [0, 0.05) is 11.1 Å². The second-order valence-corrected chi connectivity index (χ2v) is 4.43. The maximum Gasteiger partial charge on any atom is 2.00 e. The number of ether oxygens (including phenoxy) is 2. The van der Waals surface area contributed by atoms with Gasteiger partial charge in [0.2, 0.25) is 0 Å². The quantitative estimate of drug-likeness (QED) is 0.674. The van der Waals surface area contributed by atoms with Crippen LogP contribution in [0.1, 0.15) is 34.6 Å². The number of carbonyl (C=O) groups excluding carboxylic acids is 2. The van der Waals surface area contributed by atoms with Gasteiger partial charge in [0.25, 0.3) is 0 Å². The molecule has 25 heavy (non-hydrogen) atoms. The van der Waals surface area contributed by atoms with Gasteiger partial charge in [-0.3, -0.25) is 0 Å². The normalized spacial score (nSPS) is 9.04. The Kier molecular flexibility index (Phi) is 10.9. The van der Waals surface area contributed by atoms with Gasteiger partial charge < -0.3 is 29.3 Å². The Labute approximate surface area is 159 Å². The summed E-state index contributed by atoms with van der Waals surface area (Å²) in [5, 5.41) is 21.0. The van der Waals surface area contributed by atoms with Crippen LogP contribution in [0.15, 0.2) is 48.5 Å². The summed E-state index contributed by atoms with van der Waals surface area (Å²) in [5.74, 6) is -1.70. The fraction of sp³-hybridized carbons (Fsp3) is 0.222. The average molecular weight is 396 g/mol. The van der Waals surface area contributed by atoms with Crippen molar-refractivity contribution in [3.05, 3.63) is 59.7 Å². The Morgan fingerprint density at radius 2 is 1.08 bits per heavy atom. The summed E-state index contributed by atoms with van der Waals surface area (Å²) in [4.78, 5) is 21.0. The molecule has 0 aliphatic heterocycles. The largest absolute Gasteiger partial charge is 2.00 e. The summed E-state index contributed by atoms with van der Waals surface area (Å²) >= 11 is 0. The number of aromatic carboxylic acids is 2. The van der Waals surface area contributed by atoms with E-state index in [4.69, 9.17) is 9.47 Å². The number of carboxylic acid groups (broad SMARTS) is 2. The van der Waals surface area contributed by atoms with Crippen molar-refractivity contribution < 1.29 is 48.8 Å². The van der Waals surface area contributed by atoms with Crippen LogP contribution in [0.4, 0.5) is 0 Å². The molecule has 0 saturated carbocycles. The summed E-state index contributed by atoms with van der Waals surface area (Å²) in [6, 6.07) is 12.8. The van der Waals surface area contributed by atoms with Gasteiger partial charge in [-0.05, 0) is 38.1 Å². The third-order valence-electron chi connectivity index (χ3n) is 2.81. The van der Waals surface area contributed by atoms with E-state index in [1.165, 1.54) is 12.1 Å². The smallest absolute Gasteiger partial charge is 0.545 e. The van der Waals surface area contributed by atoms with Crippen LogP contribution in [0.2, 0.25) is 0 Å². The molecule has 0 atom stereocenters. The van der Waals surface area contributed by atoms with Crippen molar-refractivity contribution in [2.45, 2.75) is 13.8 Å². The topological polar surface area (TPSA) is 98.7 Å². The monoisotopic (exact) mass is 394 g/mol. The van der Waals surface area contributed by atoms with E-state index in [9.17, 15) is 19.8 Å². The molecule has 0 unspecified atom stereocenters. The number of carbonyl (C=O) groups is 2. The molecule has 2 rings (SSSR count). The minimum atomic E-state index is -1.21. The first kappa shape index (κ1) is 22.6. The molecule has 0 spiro atoms. The second kappa shape index (κ2) is 12.0. The fourth-order valence-corrected chi connectivity index (χ4v) is 1.83. The minimum absolute atomic E-state index is 0. The van der Waals surface area contributed by atoms with Crippen molar-refractivity contribution >= 4 is 11.9 Å². The van der Waals surface area contributed by atoms with Gasteiger partial charge in [0.15, 0.2) is 0 Å². The molecule has 0 radical (unpaired) electrons. The van der Waals surface area contributed by atoms with Crippen LogP contribution in [-0.2, 0) is 19.5 Å². The van der Waals surface area contributed by atoms with Crippen LogP contribution >= 0.6 is 0 Å². The first-order valence-electron chi connectivity index (χ1n) is 7.37. The van der Waals surface area contributed by atoms with Crippen LogP contribution in [0.25, 0.3) is 0 Å². The zero-order valence-electron chi connectivity index (χ0n) is 14.2. The molecule has 0 fully saturated rings. The number of hydrogen-bond acceptors (Lipinski definition) is 6. The van der Waals surface area contributed by atoms with Crippen LogP contribution < -0.4 is 19.7 Å². The Morgan fingerprint density at radius 1 is 0.760 bits per heavy atom. The molecule has 0 aliphatic carbocycles. The summed E-state index contributed by atoms with van der Waals surface area (Å²) in [5.41, 5.74) is 0.193. The zero-order valence-corrected chi connectivity index (χ0v) is 17.2. The van der Waals surface area contributed by atoms with Crippen molar-refractivity contribution in [1.82, 2.24) is 0 Å². The molecule has 0 heterocycles. The SMILES string of the molecule is CCOc1ccccc1C(=O)[O-].CCOc1ccccc1C(=O)[O-].[Zn+2]. The summed E-state index contributed by atoms with van der Waals surface area (Å²) in [7, 11) is 0. The summed E-state index contributed by atoms with van der Waals surface area (Å²) in [6.07, 6.45) is 0. The number of hydrogen-bond donors (Lipinski definition) is 0. The Balaban J connectivity index is 0.000000443. The summed E-state index contributed by atoms with van der Waals surface area (Å²) in [6.45, 7) is 4.49. The Hall–Kier alpha value is -2.40. The molecule has 0 aliphatic rings. The van der Waals surface area contributed by atoms with E-state index in [0.717, 1.165) is 0 Å². The number of benzene rings is 2. The van der Waals surface area contributed by atoms with Gasteiger partial charge >= 0.3 is 19.5 Å². The zero-order chi connectivity index (χ0) is 17.9. The van der Waals surface area contributed by atoms with E-state index >= 15 is 0 Å². The molecule has 6 nitrogen and oxygen atoms in total. The molecule has 0 amide bonds. The number of carboxylic acids is 2. The van der Waals surface area contributed by atoms with Gasteiger partial charge in [-0.25, -0.2) is 0 Å². The number of para-hydroxylation sites is 2. The third-order valence-corrected chi connectivity index (χ3v) is 2.81. The van der Waals surface area contributed by atoms with Crippen LogP contribution in [0.5, 0.6) is 11.5 Å². The number of rotatable bonds is 6. The van der Waals surface area contributed by atoms with Gasteiger partial charge in [-0.1, -0.05) is 24.3 Å². The second-order valence-electron chi connectivity index (χ2n) is 4.43. The first-order valence-corrected chi connectivity index (χ1v) is 7.37. The predicted molar refractivity (Wildman–Crippen MR) is 83.9 cm³/mol. The Morgan fingerprint density at radius 3 is 1.36 bits per heavy atom. The van der Waals surface area contributed by atoms with Crippen molar-refractivity contribution in [2.24, 2.45) is 0 Å². The Bertz CT molecular complexity index is 627. The predicted octanol–water partition coefficient (Wildman–Crippen LogP) is 0.895. The first-order chi connectivity index (χ1) is 11.5. The van der Waals surface area contributed by atoms with E-state index in [0.29, 0.717) is 24.7 Å². The van der Waals surface area contributed by atoms with Crippen molar-refractivity contribution in [3.63, 3.8) is 0 Å². The van der Waals surface area contributed by atoms with E-state index < -0.39 is 11.9 Å².